The molecule has 0 spiro atoms. The third-order valence-electron chi connectivity index (χ3n) is 6.91. The SMILES string of the molecule is O=C(NCc1ccc(F)c(Cl)c1F)c1cn2c(c(O)c1=O)C(=O)N1[C@H]3CC[C@H](CC3)[C@@H]1C2. The molecule has 32 heavy (non-hydrogen) atoms. The van der Waals surface area contributed by atoms with Gasteiger partial charge in [-0.1, -0.05) is 17.7 Å². The molecule has 2 bridgehead atoms. The lowest BCUT2D eigenvalue weighted by atomic mass is 9.73. The van der Waals surface area contributed by atoms with E-state index in [4.69, 9.17) is 11.6 Å². The highest BCUT2D eigenvalue weighted by Gasteiger charge is 2.48. The number of benzene rings is 1. The minimum Gasteiger partial charge on any atom is -0.503 e. The number of aromatic hydroxyl groups is 1. The minimum absolute atomic E-state index is 0.0317. The van der Waals surface area contributed by atoms with Crippen molar-refractivity contribution in [2.24, 2.45) is 5.92 Å². The molecule has 2 N–H and O–H groups in total. The number of nitrogens with zero attached hydrogens (tertiary/aromatic N) is 2. The first-order valence-electron chi connectivity index (χ1n) is 10.5. The highest BCUT2D eigenvalue weighted by Crippen LogP contribution is 2.43. The Balaban J connectivity index is 1.44. The number of amides is 2. The summed E-state index contributed by atoms with van der Waals surface area (Å²) in [6.07, 6.45) is 5.17. The monoisotopic (exact) mass is 463 g/mol. The first kappa shape index (κ1) is 20.9. The number of nitrogens with one attached hydrogen (secondary N) is 1. The molecule has 1 atom stereocenters. The molecule has 3 fully saturated rings. The molecule has 6 rings (SSSR count). The molecule has 1 aromatic heterocycles. The number of fused-ring (bicyclic) bond motifs is 3. The first-order chi connectivity index (χ1) is 15.3. The summed E-state index contributed by atoms with van der Waals surface area (Å²) in [5, 5.41) is 12.2. The average Bonchev–Trinajstić information content (AvgIpc) is 2.79. The largest absolute Gasteiger partial charge is 0.503 e. The summed E-state index contributed by atoms with van der Waals surface area (Å²) in [5.41, 5.74) is -1.50. The van der Waals surface area contributed by atoms with Gasteiger partial charge in [0.15, 0.2) is 11.4 Å². The number of hydrogen-bond donors (Lipinski definition) is 2. The van der Waals surface area contributed by atoms with Gasteiger partial charge in [-0.3, -0.25) is 14.4 Å². The molecule has 1 aliphatic carbocycles. The van der Waals surface area contributed by atoms with Crippen LogP contribution >= 0.6 is 11.6 Å². The van der Waals surface area contributed by atoms with Gasteiger partial charge in [0, 0.05) is 30.9 Å². The normalized spacial score (nSPS) is 23.7. The standard InChI is InChI=1S/C22H20ClF2N3O4/c23-16-14(24)6-3-11(17(16)25)7-26-21(31)13-8-27-9-15-10-1-4-12(5-2-10)28(15)22(32)18(27)20(30)19(13)29/h3,6,8,10,12,15,30H,1-2,4-5,7,9H2,(H,26,31)/t10-,12+,15-/m0/s1. The van der Waals surface area contributed by atoms with Crippen LogP contribution < -0.4 is 10.7 Å². The van der Waals surface area contributed by atoms with Gasteiger partial charge in [0.25, 0.3) is 11.8 Å². The van der Waals surface area contributed by atoms with E-state index in [1.54, 1.807) is 4.90 Å². The van der Waals surface area contributed by atoms with E-state index in [1.165, 1.54) is 10.8 Å². The number of piperidine rings is 2. The van der Waals surface area contributed by atoms with Crippen molar-refractivity contribution >= 4 is 23.4 Å². The van der Waals surface area contributed by atoms with Crippen LogP contribution in [0.3, 0.4) is 0 Å². The first-order valence-corrected chi connectivity index (χ1v) is 10.8. The van der Waals surface area contributed by atoms with E-state index < -0.39 is 33.7 Å². The number of hydrogen-bond acceptors (Lipinski definition) is 4. The summed E-state index contributed by atoms with van der Waals surface area (Å²) in [6, 6.07) is 2.19. The Kier molecular flexibility index (Phi) is 4.96. The van der Waals surface area contributed by atoms with Crippen LogP contribution in [0.5, 0.6) is 5.75 Å². The number of rotatable bonds is 3. The van der Waals surface area contributed by atoms with Crippen molar-refractivity contribution in [2.75, 3.05) is 0 Å². The fraction of sp³-hybridized carbons (Fsp3) is 0.409. The Bertz CT molecular complexity index is 1210. The summed E-state index contributed by atoms with van der Waals surface area (Å²) in [5.74, 6) is -3.58. The number of carbonyl (C=O) groups excluding carboxylic acids is 2. The molecule has 0 unspecified atom stereocenters. The Labute approximate surface area is 186 Å². The minimum atomic E-state index is -1.00. The highest BCUT2D eigenvalue weighted by atomic mass is 35.5. The Hall–Kier alpha value is -2.94. The van der Waals surface area contributed by atoms with Crippen LogP contribution in [0.15, 0.2) is 23.1 Å². The summed E-state index contributed by atoms with van der Waals surface area (Å²) in [4.78, 5) is 40.3. The zero-order valence-corrected chi connectivity index (χ0v) is 17.7. The molecule has 1 saturated carbocycles. The topological polar surface area (TPSA) is 91.6 Å². The van der Waals surface area contributed by atoms with Gasteiger partial charge in [-0.05, 0) is 37.7 Å². The zero-order chi connectivity index (χ0) is 22.7. The fourth-order valence-electron chi connectivity index (χ4n) is 5.29. The lowest BCUT2D eigenvalue weighted by molar-refractivity contribution is -0.0181. The summed E-state index contributed by atoms with van der Waals surface area (Å²) in [7, 11) is 0. The van der Waals surface area contributed by atoms with Crippen LogP contribution in [0.4, 0.5) is 8.78 Å². The van der Waals surface area contributed by atoms with Gasteiger partial charge in [-0.2, -0.15) is 0 Å². The zero-order valence-electron chi connectivity index (χ0n) is 16.9. The van der Waals surface area contributed by atoms with Gasteiger partial charge in [0.1, 0.15) is 22.2 Å². The second kappa shape index (κ2) is 7.58. The van der Waals surface area contributed by atoms with E-state index in [1.807, 2.05) is 0 Å². The molecular formula is C22H20ClF2N3O4. The molecule has 1 aromatic carbocycles. The number of pyridine rings is 1. The number of halogens is 3. The van der Waals surface area contributed by atoms with Gasteiger partial charge in [-0.25, -0.2) is 8.78 Å². The maximum absolute atomic E-state index is 14.1. The second-order valence-electron chi connectivity index (χ2n) is 8.59. The second-order valence-corrected chi connectivity index (χ2v) is 8.96. The van der Waals surface area contributed by atoms with Gasteiger partial charge < -0.3 is 19.9 Å². The average molecular weight is 464 g/mol. The van der Waals surface area contributed by atoms with Gasteiger partial charge in [-0.15, -0.1) is 0 Å². The number of aromatic nitrogens is 1. The Morgan fingerprint density at radius 1 is 1.19 bits per heavy atom. The molecule has 168 valence electrons. The van der Waals surface area contributed by atoms with E-state index in [9.17, 15) is 28.3 Å². The molecule has 2 saturated heterocycles. The lowest BCUT2D eigenvalue weighted by Crippen LogP contribution is -2.61. The summed E-state index contributed by atoms with van der Waals surface area (Å²) in [6.45, 7) is 0.0459. The molecule has 10 heteroatoms. The van der Waals surface area contributed by atoms with Crippen LogP contribution in [0.1, 0.15) is 52.1 Å². The maximum Gasteiger partial charge on any atom is 0.275 e. The quantitative estimate of drug-likeness (QED) is 0.685. The fourth-order valence-corrected chi connectivity index (χ4v) is 5.48. The van der Waals surface area contributed by atoms with E-state index >= 15 is 0 Å². The Morgan fingerprint density at radius 3 is 2.62 bits per heavy atom. The third-order valence-corrected chi connectivity index (χ3v) is 7.26. The van der Waals surface area contributed by atoms with Crippen LogP contribution in [-0.4, -0.2) is 38.5 Å². The molecule has 2 aromatic rings. The van der Waals surface area contributed by atoms with E-state index in [0.29, 0.717) is 12.5 Å². The maximum atomic E-state index is 14.1. The van der Waals surface area contributed by atoms with Gasteiger partial charge >= 0.3 is 0 Å². The molecule has 3 aliphatic heterocycles. The van der Waals surface area contributed by atoms with Crippen molar-refractivity contribution in [1.82, 2.24) is 14.8 Å². The molecule has 4 heterocycles. The van der Waals surface area contributed by atoms with Crippen molar-refractivity contribution in [3.63, 3.8) is 0 Å². The van der Waals surface area contributed by atoms with Gasteiger partial charge in [0.2, 0.25) is 5.43 Å². The van der Waals surface area contributed by atoms with Crippen LogP contribution in [0.2, 0.25) is 5.02 Å². The van der Waals surface area contributed by atoms with Crippen molar-refractivity contribution in [3.8, 4) is 5.75 Å². The van der Waals surface area contributed by atoms with Gasteiger partial charge in [0.05, 0.1) is 6.04 Å². The van der Waals surface area contributed by atoms with E-state index in [2.05, 4.69) is 5.32 Å². The van der Waals surface area contributed by atoms with Crippen molar-refractivity contribution in [1.29, 1.82) is 0 Å². The summed E-state index contributed by atoms with van der Waals surface area (Å²) < 4.78 is 28.9. The number of carbonyl (C=O) groups is 2. The van der Waals surface area contributed by atoms with Crippen LogP contribution in [0.25, 0.3) is 0 Å². The predicted octanol–water partition coefficient (Wildman–Crippen LogP) is 2.81. The smallest absolute Gasteiger partial charge is 0.275 e. The van der Waals surface area contributed by atoms with E-state index in [0.717, 1.165) is 37.8 Å². The van der Waals surface area contributed by atoms with E-state index in [-0.39, 0.29) is 41.4 Å². The Morgan fingerprint density at radius 2 is 1.91 bits per heavy atom. The molecule has 0 radical (unpaired) electrons. The van der Waals surface area contributed by atoms with Crippen LogP contribution in [-0.2, 0) is 13.1 Å². The molecule has 7 nitrogen and oxygen atoms in total. The summed E-state index contributed by atoms with van der Waals surface area (Å²) >= 11 is 5.55. The third kappa shape index (κ3) is 3.09. The predicted molar refractivity (Wildman–Crippen MR) is 111 cm³/mol. The molecular weight excluding hydrogens is 444 g/mol. The lowest BCUT2D eigenvalue weighted by Gasteiger charge is -2.53. The highest BCUT2D eigenvalue weighted by molar-refractivity contribution is 6.30. The molecule has 2 amide bonds. The van der Waals surface area contributed by atoms with Crippen molar-refractivity contribution < 1.29 is 23.5 Å². The molecule has 4 aliphatic rings. The van der Waals surface area contributed by atoms with Crippen LogP contribution in [0, 0.1) is 17.6 Å². The van der Waals surface area contributed by atoms with Crippen molar-refractivity contribution in [3.05, 3.63) is 62.0 Å². The van der Waals surface area contributed by atoms with Crippen molar-refractivity contribution in [2.45, 2.75) is 50.9 Å².